The van der Waals surface area contributed by atoms with E-state index >= 15 is 0 Å². The summed E-state index contributed by atoms with van der Waals surface area (Å²) < 4.78 is 0. The molecule has 0 heterocycles. The molecule has 0 aliphatic carbocycles. The Labute approximate surface area is 105 Å². The Kier molecular flexibility index (Phi) is 10.5. The van der Waals surface area contributed by atoms with E-state index in [0.717, 1.165) is 13.1 Å². The molecule has 0 aromatic rings. The number of hydrogen-bond donors (Lipinski definition) is 0. The van der Waals surface area contributed by atoms with Crippen molar-refractivity contribution in [2.75, 3.05) is 13.1 Å². The SMILES string of the molecule is CCN(CC)C([O-])=CC(C)(C)C.[Zn+][Br]. The fourth-order valence-electron chi connectivity index (χ4n) is 0.997. The van der Waals surface area contributed by atoms with Gasteiger partial charge in [0.15, 0.2) is 0 Å². The molecule has 0 aromatic carbocycles. The molecule has 0 bridgehead atoms. The number of halogens is 1. The van der Waals surface area contributed by atoms with Gasteiger partial charge in [0, 0.05) is 13.1 Å². The maximum atomic E-state index is 11.5. The third-order valence-corrected chi connectivity index (χ3v) is 1.63. The van der Waals surface area contributed by atoms with Crippen LogP contribution in [0.5, 0.6) is 0 Å². The van der Waals surface area contributed by atoms with Crippen molar-refractivity contribution in [3.63, 3.8) is 0 Å². The number of rotatable bonds is 3. The van der Waals surface area contributed by atoms with Gasteiger partial charge in [-0.3, -0.25) is 0 Å². The van der Waals surface area contributed by atoms with E-state index in [1.165, 1.54) is 16.3 Å². The fraction of sp³-hybridized carbons (Fsp3) is 0.800. The molecule has 14 heavy (non-hydrogen) atoms. The summed E-state index contributed by atoms with van der Waals surface area (Å²) in [7, 11) is 0. The zero-order valence-electron chi connectivity index (χ0n) is 9.93. The average Bonchev–Trinajstić information content (AvgIpc) is 2.07. The van der Waals surface area contributed by atoms with Crippen LogP contribution in [-0.4, -0.2) is 18.0 Å². The Morgan fingerprint density at radius 1 is 1.29 bits per heavy atom. The molecule has 0 rings (SSSR count). The molecule has 0 aromatic heterocycles. The molecular weight excluding hydrogens is 295 g/mol. The molecule has 0 amide bonds. The maximum absolute atomic E-state index is 11.5. The molecule has 0 N–H and O–H groups in total. The van der Waals surface area contributed by atoms with Crippen molar-refractivity contribution in [1.29, 1.82) is 0 Å². The first-order chi connectivity index (χ1) is 6.40. The third-order valence-electron chi connectivity index (χ3n) is 1.63. The van der Waals surface area contributed by atoms with Gasteiger partial charge in [0.25, 0.3) is 0 Å². The second-order valence-electron chi connectivity index (χ2n) is 4.02. The van der Waals surface area contributed by atoms with Gasteiger partial charge in [0.05, 0.1) is 0 Å². The van der Waals surface area contributed by atoms with E-state index in [2.05, 4.69) is 13.6 Å². The van der Waals surface area contributed by atoms with Gasteiger partial charge in [0.2, 0.25) is 0 Å². The summed E-state index contributed by atoms with van der Waals surface area (Å²) >= 11 is 4.25. The van der Waals surface area contributed by atoms with Crippen LogP contribution >= 0.6 is 13.6 Å². The summed E-state index contributed by atoms with van der Waals surface area (Å²) in [6.07, 6.45) is 1.78. The van der Waals surface area contributed by atoms with Gasteiger partial charge < -0.3 is 10.0 Å². The second kappa shape index (κ2) is 8.73. The monoisotopic (exact) mass is 313 g/mol. The van der Waals surface area contributed by atoms with E-state index in [0.29, 0.717) is 0 Å². The number of nitrogens with zero attached hydrogens (tertiary/aromatic N) is 1. The fourth-order valence-corrected chi connectivity index (χ4v) is 0.997. The first-order valence-corrected chi connectivity index (χ1v) is 11.8. The first-order valence-electron chi connectivity index (χ1n) is 4.82. The van der Waals surface area contributed by atoms with Crippen LogP contribution in [0.15, 0.2) is 12.0 Å². The normalized spacial score (nSPS) is 11.9. The molecule has 0 saturated heterocycles. The molecule has 2 nitrogen and oxygen atoms in total. The summed E-state index contributed by atoms with van der Waals surface area (Å²) in [6.45, 7) is 11.7. The van der Waals surface area contributed by atoms with Crippen LogP contribution < -0.4 is 5.11 Å². The van der Waals surface area contributed by atoms with Gasteiger partial charge in [-0.2, -0.15) is 0 Å². The van der Waals surface area contributed by atoms with Crippen LogP contribution in [0.2, 0.25) is 0 Å². The van der Waals surface area contributed by atoms with E-state index in [1.807, 2.05) is 39.5 Å². The molecule has 0 radical (unpaired) electrons. The van der Waals surface area contributed by atoms with E-state index in [1.54, 1.807) is 6.08 Å². The Morgan fingerprint density at radius 2 is 1.64 bits per heavy atom. The molecular formula is C10H20BrNOZn. The molecule has 0 saturated carbocycles. The van der Waals surface area contributed by atoms with Crippen molar-refractivity contribution in [3.8, 4) is 0 Å². The molecule has 80 valence electrons. The quantitative estimate of drug-likeness (QED) is 0.590. The van der Waals surface area contributed by atoms with Crippen molar-refractivity contribution in [1.82, 2.24) is 4.90 Å². The summed E-state index contributed by atoms with van der Waals surface area (Å²) in [5, 5.41) is 11.5. The van der Waals surface area contributed by atoms with Gasteiger partial charge in [0.1, 0.15) is 0 Å². The third kappa shape index (κ3) is 9.02. The summed E-state index contributed by atoms with van der Waals surface area (Å²) in [6, 6.07) is 0. The molecule has 0 fully saturated rings. The minimum atomic E-state index is -0.0142. The van der Waals surface area contributed by atoms with Crippen LogP contribution in [0.3, 0.4) is 0 Å². The van der Waals surface area contributed by atoms with Crippen LogP contribution in [0.1, 0.15) is 34.6 Å². The van der Waals surface area contributed by atoms with Gasteiger partial charge in [-0.05, 0) is 25.1 Å². The minimum absolute atomic E-state index is 0.0142. The first kappa shape index (κ1) is 16.9. The Hall–Kier alpha value is 0.443. The zero-order valence-corrected chi connectivity index (χ0v) is 14.5. The van der Waals surface area contributed by atoms with Gasteiger partial charge in [-0.1, -0.05) is 26.8 Å². The molecule has 0 unspecified atom stereocenters. The van der Waals surface area contributed by atoms with Crippen LogP contribution in [0.4, 0.5) is 0 Å². The van der Waals surface area contributed by atoms with Crippen molar-refractivity contribution in [3.05, 3.63) is 12.0 Å². The van der Waals surface area contributed by atoms with Crippen LogP contribution in [0, 0.1) is 5.41 Å². The second-order valence-corrected chi connectivity index (χ2v) is 4.02. The van der Waals surface area contributed by atoms with E-state index in [-0.39, 0.29) is 11.3 Å². The molecule has 0 atom stereocenters. The number of hydrogen-bond acceptors (Lipinski definition) is 2. The predicted molar refractivity (Wildman–Crippen MR) is 59.4 cm³/mol. The summed E-state index contributed by atoms with van der Waals surface area (Å²) in [4.78, 5) is 1.82. The summed E-state index contributed by atoms with van der Waals surface area (Å²) in [5.41, 5.74) is -0.0142. The van der Waals surface area contributed by atoms with Gasteiger partial charge in [-0.15, -0.1) is 0 Å². The molecule has 0 aliphatic heterocycles. The Bertz CT molecular complexity index is 162. The zero-order chi connectivity index (χ0) is 11.8. The van der Waals surface area contributed by atoms with Crippen molar-refractivity contribution in [2.45, 2.75) is 34.6 Å². The topological polar surface area (TPSA) is 26.3 Å². The molecule has 0 aliphatic rings. The van der Waals surface area contributed by atoms with Gasteiger partial charge in [-0.25, -0.2) is 0 Å². The number of allylic oxidation sites excluding steroid dienone is 1. The Morgan fingerprint density at radius 3 is 1.86 bits per heavy atom. The van der Waals surface area contributed by atoms with Crippen molar-refractivity contribution in [2.24, 2.45) is 5.41 Å². The van der Waals surface area contributed by atoms with Crippen LogP contribution in [0.25, 0.3) is 0 Å². The van der Waals surface area contributed by atoms with E-state index in [4.69, 9.17) is 0 Å². The van der Waals surface area contributed by atoms with Crippen molar-refractivity contribution >= 4 is 13.6 Å². The van der Waals surface area contributed by atoms with Crippen molar-refractivity contribution < 1.29 is 21.4 Å². The predicted octanol–water partition coefficient (Wildman–Crippen LogP) is 2.42. The van der Waals surface area contributed by atoms with E-state index in [9.17, 15) is 5.11 Å². The standard InChI is InChI=1S/C10H21NO.BrH.Zn/c1-6-11(7-2)9(12)8-10(3,4)5;;/h8,12H,6-7H2,1-5H3;1H;/q;;+2/p-2. The van der Waals surface area contributed by atoms with E-state index < -0.39 is 0 Å². The molecule has 0 spiro atoms. The summed E-state index contributed by atoms with van der Waals surface area (Å²) in [5.74, 6) is 0.146. The average molecular weight is 316 g/mol. The molecule has 4 heteroatoms. The Balaban J connectivity index is 0. The van der Waals surface area contributed by atoms with Gasteiger partial charge >= 0.3 is 30.0 Å². The van der Waals surface area contributed by atoms with Crippen LogP contribution in [-0.2, 0) is 16.3 Å².